The summed E-state index contributed by atoms with van der Waals surface area (Å²) in [6.45, 7) is 0. The van der Waals surface area contributed by atoms with Gasteiger partial charge in [0, 0.05) is 17.5 Å². The van der Waals surface area contributed by atoms with Crippen molar-refractivity contribution in [3.8, 4) is 5.75 Å². The molecule has 0 bridgehead atoms. The van der Waals surface area contributed by atoms with Crippen LogP contribution in [0.2, 0.25) is 0 Å². The Labute approximate surface area is 124 Å². The lowest BCUT2D eigenvalue weighted by Gasteiger charge is -2.32. The highest BCUT2D eigenvalue weighted by molar-refractivity contribution is 7.98. The van der Waals surface area contributed by atoms with Gasteiger partial charge in [-0.05, 0) is 24.3 Å². The van der Waals surface area contributed by atoms with Gasteiger partial charge in [0.25, 0.3) is 5.91 Å². The first kappa shape index (κ1) is 12.2. The Morgan fingerprint density at radius 1 is 1.19 bits per heavy atom. The van der Waals surface area contributed by atoms with Crippen LogP contribution >= 0.6 is 11.9 Å². The van der Waals surface area contributed by atoms with E-state index < -0.39 is 0 Å². The molecule has 6 heteroatoms. The third kappa shape index (κ3) is 1.76. The van der Waals surface area contributed by atoms with Crippen LogP contribution in [0.15, 0.2) is 51.8 Å². The number of amidine groups is 1. The van der Waals surface area contributed by atoms with Crippen molar-refractivity contribution in [3.05, 3.63) is 53.6 Å². The van der Waals surface area contributed by atoms with Crippen LogP contribution in [0.3, 0.4) is 0 Å². The Morgan fingerprint density at radius 2 is 2.05 bits per heavy atom. The van der Waals surface area contributed by atoms with Gasteiger partial charge in [0.15, 0.2) is 0 Å². The van der Waals surface area contributed by atoms with Crippen molar-refractivity contribution in [3.63, 3.8) is 0 Å². The average molecular weight is 296 g/mol. The summed E-state index contributed by atoms with van der Waals surface area (Å²) in [6, 6.07) is 12.5. The zero-order chi connectivity index (χ0) is 14.4. The maximum Gasteiger partial charge on any atom is 0.316 e. The summed E-state index contributed by atoms with van der Waals surface area (Å²) in [5.74, 6) is 0.153. The topological polar surface area (TPSA) is 59.0 Å². The molecule has 2 aromatic carbocycles. The normalized spacial score (nSPS) is 15.3. The summed E-state index contributed by atoms with van der Waals surface area (Å²) in [6.07, 6.45) is 0.715. The second-order valence-electron chi connectivity index (χ2n) is 4.55. The van der Waals surface area contributed by atoms with Crippen molar-refractivity contribution in [1.82, 2.24) is 0 Å². The molecule has 0 aliphatic carbocycles. The number of aldehydes is 1. The van der Waals surface area contributed by atoms with Gasteiger partial charge in [-0.25, -0.2) is 4.90 Å². The standard InChI is InChI=1S/C15H8N2O3S/c18-8-9-5-6-10-12(7-9)20-15-16-21-13-4-2-1-3-11(13)17(15)14(10)19/h1-8H. The number of carbonyl (C=O) groups excluding carboxylic acids is 2. The number of ether oxygens (including phenoxy) is 1. The van der Waals surface area contributed by atoms with Crippen LogP contribution in [-0.4, -0.2) is 18.2 Å². The molecule has 2 heterocycles. The molecule has 0 saturated heterocycles. The van der Waals surface area contributed by atoms with Crippen LogP contribution < -0.4 is 9.64 Å². The molecule has 0 aromatic heterocycles. The molecule has 0 saturated carbocycles. The molecule has 5 nitrogen and oxygen atoms in total. The van der Waals surface area contributed by atoms with E-state index in [2.05, 4.69) is 4.40 Å². The van der Waals surface area contributed by atoms with Crippen LogP contribution in [0, 0.1) is 0 Å². The van der Waals surface area contributed by atoms with E-state index in [1.807, 2.05) is 24.3 Å². The SMILES string of the molecule is O=Cc1ccc2c(c1)OC1=NSc3ccccc3N1C2=O. The first-order valence-corrected chi connectivity index (χ1v) is 7.01. The molecule has 2 aliphatic heterocycles. The minimum Gasteiger partial charge on any atom is -0.424 e. The van der Waals surface area contributed by atoms with Crippen molar-refractivity contribution in [2.24, 2.45) is 4.40 Å². The van der Waals surface area contributed by atoms with Gasteiger partial charge in [0.05, 0.1) is 16.1 Å². The second-order valence-corrected chi connectivity index (χ2v) is 5.35. The third-order valence-corrected chi connectivity index (χ3v) is 4.09. The van der Waals surface area contributed by atoms with Gasteiger partial charge in [0.2, 0.25) is 0 Å². The van der Waals surface area contributed by atoms with Crippen molar-refractivity contribution in [2.75, 3.05) is 4.90 Å². The molecular weight excluding hydrogens is 288 g/mol. The predicted molar refractivity (Wildman–Crippen MR) is 79.0 cm³/mol. The quantitative estimate of drug-likeness (QED) is 0.599. The fourth-order valence-corrected chi connectivity index (χ4v) is 2.99. The van der Waals surface area contributed by atoms with E-state index in [0.717, 1.165) is 10.6 Å². The van der Waals surface area contributed by atoms with Crippen LogP contribution in [0.25, 0.3) is 0 Å². The van der Waals surface area contributed by atoms with Gasteiger partial charge in [-0.3, -0.25) is 9.59 Å². The number of nitrogens with zero attached hydrogens (tertiary/aromatic N) is 2. The fourth-order valence-electron chi connectivity index (χ4n) is 2.30. The Morgan fingerprint density at radius 3 is 2.90 bits per heavy atom. The minimum absolute atomic E-state index is 0.208. The summed E-state index contributed by atoms with van der Waals surface area (Å²) >= 11 is 1.26. The number of amides is 1. The maximum atomic E-state index is 12.7. The van der Waals surface area contributed by atoms with Crippen LogP contribution in [-0.2, 0) is 0 Å². The lowest BCUT2D eigenvalue weighted by Crippen LogP contribution is -2.45. The highest BCUT2D eigenvalue weighted by Gasteiger charge is 2.36. The Bertz CT molecular complexity index is 816. The predicted octanol–water partition coefficient (Wildman–Crippen LogP) is 2.92. The van der Waals surface area contributed by atoms with Crippen LogP contribution in [0.4, 0.5) is 5.69 Å². The number of hydrogen-bond donors (Lipinski definition) is 0. The summed E-state index contributed by atoms with van der Waals surface area (Å²) in [5, 5.41) is 0. The van der Waals surface area contributed by atoms with Gasteiger partial charge < -0.3 is 4.74 Å². The van der Waals surface area contributed by atoms with Gasteiger partial charge in [-0.1, -0.05) is 18.2 Å². The Balaban J connectivity index is 1.87. The molecule has 4 rings (SSSR count). The van der Waals surface area contributed by atoms with Gasteiger partial charge in [-0.2, -0.15) is 4.40 Å². The molecule has 0 radical (unpaired) electrons. The van der Waals surface area contributed by atoms with Crippen LogP contribution in [0.1, 0.15) is 20.7 Å². The summed E-state index contributed by atoms with van der Waals surface area (Å²) in [4.78, 5) is 25.9. The van der Waals surface area contributed by atoms with Gasteiger partial charge >= 0.3 is 6.02 Å². The van der Waals surface area contributed by atoms with E-state index in [4.69, 9.17) is 4.74 Å². The minimum atomic E-state index is -0.208. The van der Waals surface area contributed by atoms with Gasteiger partial charge in [-0.15, -0.1) is 0 Å². The van der Waals surface area contributed by atoms with E-state index in [1.54, 1.807) is 18.2 Å². The highest BCUT2D eigenvalue weighted by Crippen LogP contribution is 2.39. The molecule has 0 unspecified atom stereocenters. The Hall–Kier alpha value is -2.60. The number of para-hydroxylation sites is 1. The molecule has 0 fully saturated rings. The molecule has 2 aromatic rings. The molecule has 1 amide bonds. The number of benzene rings is 2. The zero-order valence-corrected chi connectivity index (χ0v) is 11.5. The number of carbonyl (C=O) groups is 2. The molecule has 2 aliphatic rings. The highest BCUT2D eigenvalue weighted by atomic mass is 32.2. The summed E-state index contributed by atoms with van der Waals surface area (Å²) in [5.41, 5.74) is 1.63. The molecule has 21 heavy (non-hydrogen) atoms. The number of rotatable bonds is 1. The molecule has 0 spiro atoms. The summed E-state index contributed by atoms with van der Waals surface area (Å²) in [7, 11) is 0. The van der Waals surface area contributed by atoms with Crippen molar-refractivity contribution in [1.29, 1.82) is 0 Å². The maximum absolute atomic E-state index is 12.7. The first-order chi connectivity index (χ1) is 10.3. The zero-order valence-electron chi connectivity index (χ0n) is 10.6. The smallest absolute Gasteiger partial charge is 0.316 e. The summed E-state index contributed by atoms with van der Waals surface area (Å²) < 4.78 is 9.91. The number of anilines is 1. The fraction of sp³-hybridized carbons (Fsp3) is 0. The van der Waals surface area contributed by atoms with Crippen molar-refractivity contribution < 1.29 is 14.3 Å². The van der Waals surface area contributed by atoms with E-state index in [9.17, 15) is 9.59 Å². The van der Waals surface area contributed by atoms with Gasteiger partial charge in [0.1, 0.15) is 12.0 Å². The first-order valence-electron chi connectivity index (χ1n) is 6.23. The van der Waals surface area contributed by atoms with Crippen molar-refractivity contribution >= 4 is 35.9 Å². The van der Waals surface area contributed by atoms with E-state index in [0.29, 0.717) is 23.2 Å². The third-order valence-electron chi connectivity index (χ3n) is 3.30. The lowest BCUT2D eigenvalue weighted by molar-refractivity contribution is 0.0987. The Kier molecular flexibility index (Phi) is 2.58. The molecule has 102 valence electrons. The molecule has 0 atom stereocenters. The van der Waals surface area contributed by atoms with E-state index >= 15 is 0 Å². The average Bonchev–Trinajstić information content (AvgIpc) is 2.54. The second kappa shape index (κ2) is 4.46. The largest absolute Gasteiger partial charge is 0.424 e. The number of fused-ring (bicyclic) bond motifs is 4. The molecular formula is C15H8N2O3S. The van der Waals surface area contributed by atoms with E-state index in [-0.39, 0.29) is 11.9 Å². The monoisotopic (exact) mass is 296 g/mol. The van der Waals surface area contributed by atoms with Crippen LogP contribution in [0.5, 0.6) is 5.75 Å². The lowest BCUT2D eigenvalue weighted by atomic mass is 10.1. The van der Waals surface area contributed by atoms with E-state index in [1.165, 1.54) is 16.8 Å². The molecule has 0 N–H and O–H groups in total. The van der Waals surface area contributed by atoms with Crippen molar-refractivity contribution in [2.45, 2.75) is 4.90 Å². The number of hydrogen-bond acceptors (Lipinski definition) is 5.